The molecule has 0 spiro atoms. The number of benzene rings is 1. The van der Waals surface area contributed by atoms with Gasteiger partial charge in [0.25, 0.3) is 5.69 Å². The summed E-state index contributed by atoms with van der Waals surface area (Å²) < 4.78 is 0.489. The SMILES string of the molecule is CC(C)(CCNC(=O)Cc1ccc([N+](=O)[O-])cc1Br)C(=O)O. The molecule has 2 N–H and O–H groups in total. The first-order valence-electron chi connectivity index (χ1n) is 6.56. The van der Waals surface area contributed by atoms with Gasteiger partial charge in [-0.2, -0.15) is 0 Å². The highest BCUT2D eigenvalue weighted by Crippen LogP contribution is 2.23. The minimum absolute atomic E-state index is 0.0563. The van der Waals surface area contributed by atoms with E-state index in [0.717, 1.165) is 0 Å². The number of carboxylic acids is 1. The van der Waals surface area contributed by atoms with E-state index in [-0.39, 0.29) is 24.6 Å². The van der Waals surface area contributed by atoms with Crippen LogP contribution in [-0.4, -0.2) is 28.5 Å². The minimum atomic E-state index is -0.917. The van der Waals surface area contributed by atoms with Crippen LogP contribution in [0, 0.1) is 15.5 Å². The van der Waals surface area contributed by atoms with Crippen molar-refractivity contribution in [1.82, 2.24) is 5.32 Å². The predicted octanol–water partition coefficient (Wildman–Crippen LogP) is 2.52. The van der Waals surface area contributed by atoms with Crippen LogP contribution >= 0.6 is 15.9 Å². The van der Waals surface area contributed by atoms with E-state index in [1.165, 1.54) is 18.2 Å². The summed E-state index contributed by atoms with van der Waals surface area (Å²) in [5.74, 6) is -1.18. The number of carbonyl (C=O) groups excluding carboxylic acids is 1. The lowest BCUT2D eigenvalue weighted by Gasteiger charge is -2.18. The minimum Gasteiger partial charge on any atom is -0.481 e. The van der Waals surface area contributed by atoms with E-state index < -0.39 is 16.3 Å². The van der Waals surface area contributed by atoms with Crippen molar-refractivity contribution in [1.29, 1.82) is 0 Å². The second-order valence-corrected chi connectivity index (χ2v) is 6.35. The van der Waals surface area contributed by atoms with Crippen LogP contribution in [0.1, 0.15) is 25.8 Å². The molecular formula is C14H17BrN2O5. The molecular weight excluding hydrogens is 356 g/mol. The van der Waals surface area contributed by atoms with Gasteiger partial charge in [0, 0.05) is 23.2 Å². The third-order valence-corrected chi connectivity index (χ3v) is 3.99. The van der Waals surface area contributed by atoms with Gasteiger partial charge in [-0.05, 0) is 25.8 Å². The second-order valence-electron chi connectivity index (χ2n) is 5.50. The van der Waals surface area contributed by atoms with E-state index in [0.29, 0.717) is 16.5 Å². The highest BCUT2D eigenvalue weighted by Gasteiger charge is 2.26. The Morgan fingerprint density at radius 3 is 2.55 bits per heavy atom. The molecule has 0 heterocycles. The fourth-order valence-electron chi connectivity index (χ4n) is 1.65. The first-order chi connectivity index (χ1) is 10.1. The number of carbonyl (C=O) groups is 2. The average Bonchev–Trinajstić information content (AvgIpc) is 2.40. The van der Waals surface area contributed by atoms with Gasteiger partial charge in [0.1, 0.15) is 0 Å². The van der Waals surface area contributed by atoms with Gasteiger partial charge in [0.2, 0.25) is 5.91 Å². The number of carboxylic acid groups (broad SMARTS) is 1. The topological polar surface area (TPSA) is 110 Å². The van der Waals surface area contributed by atoms with E-state index in [1.807, 2.05) is 0 Å². The lowest BCUT2D eigenvalue weighted by molar-refractivity contribution is -0.384. The first kappa shape index (κ1) is 18.1. The molecule has 7 nitrogen and oxygen atoms in total. The van der Waals surface area contributed by atoms with E-state index in [4.69, 9.17) is 5.11 Å². The van der Waals surface area contributed by atoms with Crippen LogP contribution < -0.4 is 5.32 Å². The van der Waals surface area contributed by atoms with Crippen LogP contribution in [0.3, 0.4) is 0 Å². The third-order valence-electron chi connectivity index (χ3n) is 3.25. The number of rotatable bonds is 7. The van der Waals surface area contributed by atoms with Crippen LogP contribution in [0.4, 0.5) is 5.69 Å². The highest BCUT2D eigenvalue weighted by molar-refractivity contribution is 9.10. The van der Waals surface area contributed by atoms with Gasteiger partial charge >= 0.3 is 5.97 Å². The molecule has 0 bridgehead atoms. The lowest BCUT2D eigenvalue weighted by Crippen LogP contribution is -2.32. The summed E-state index contributed by atoms with van der Waals surface area (Å²) in [6.07, 6.45) is 0.377. The number of nitrogens with one attached hydrogen (secondary N) is 1. The van der Waals surface area contributed by atoms with Crippen molar-refractivity contribution in [2.75, 3.05) is 6.54 Å². The van der Waals surface area contributed by atoms with Gasteiger partial charge in [0.05, 0.1) is 16.8 Å². The molecule has 0 aliphatic carbocycles. The summed E-state index contributed by atoms with van der Waals surface area (Å²) >= 11 is 3.20. The average molecular weight is 373 g/mol. The van der Waals surface area contributed by atoms with Gasteiger partial charge < -0.3 is 10.4 Å². The molecule has 0 saturated heterocycles. The van der Waals surface area contributed by atoms with Crippen LogP contribution in [0.15, 0.2) is 22.7 Å². The molecule has 1 amide bonds. The summed E-state index contributed by atoms with van der Waals surface area (Å²) in [6.45, 7) is 3.44. The molecule has 0 fully saturated rings. The molecule has 8 heteroatoms. The quantitative estimate of drug-likeness (QED) is 0.564. The van der Waals surface area contributed by atoms with Crippen molar-refractivity contribution in [3.05, 3.63) is 38.3 Å². The van der Waals surface area contributed by atoms with Gasteiger partial charge in [-0.15, -0.1) is 0 Å². The highest BCUT2D eigenvalue weighted by atomic mass is 79.9. The molecule has 120 valence electrons. The summed E-state index contributed by atoms with van der Waals surface area (Å²) in [7, 11) is 0. The molecule has 0 radical (unpaired) electrons. The molecule has 22 heavy (non-hydrogen) atoms. The molecule has 0 aromatic heterocycles. The zero-order valence-corrected chi connectivity index (χ0v) is 13.8. The number of aliphatic carboxylic acids is 1. The molecule has 0 saturated carbocycles. The Balaban J connectivity index is 2.56. The third kappa shape index (κ3) is 5.10. The molecule has 0 atom stereocenters. The summed E-state index contributed by atoms with van der Waals surface area (Å²) in [5.41, 5.74) is -0.332. The number of hydrogen-bond donors (Lipinski definition) is 2. The maximum Gasteiger partial charge on any atom is 0.309 e. The van der Waals surface area contributed by atoms with Crippen molar-refractivity contribution >= 4 is 33.5 Å². The zero-order chi connectivity index (χ0) is 16.9. The first-order valence-corrected chi connectivity index (χ1v) is 7.35. The lowest BCUT2D eigenvalue weighted by atomic mass is 9.90. The van der Waals surface area contributed by atoms with E-state index in [9.17, 15) is 19.7 Å². The molecule has 0 unspecified atom stereocenters. The fourth-order valence-corrected chi connectivity index (χ4v) is 2.16. The van der Waals surface area contributed by atoms with Gasteiger partial charge in [-0.25, -0.2) is 0 Å². The molecule has 1 rings (SSSR count). The Hall–Kier alpha value is -1.96. The number of nitrogens with zero attached hydrogens (tertiary/aromatic N) is 1. The van der Waals surface area contributed by atoms with Crippen LogP contribution in [0.2, 0.25) is 0 Å². The van der Waals surface area contributed by atoms with E-state index >= 15 is 0 Å². The molecule has 1 aromatic carbocycles. The van der Waals surface area contributed by atoms with Crippen molar-refractivity contribution in [2.24, 2.45) is 5.41 Å². The maximum absolute atomic E-state index is 11.8. The largest absolute Gasteiger partial charge is 0.481 e. The number of nitro benzene ring substituents is 1. The van der Waals surface area contributed by atoms with E-state index in [2.05, 4.69) is 21.2 Å². The number of nitro groups is 1. The Labute approximate surface area is 136 Å². The standard InChI is InChI=1S/C14H17BrN2O5/c1-14(2,13(19)20)5-6-16-12(18)7-9-3-4-10(17(21)22)8-11(9)15/h3-4,8H,5-7H2,1-2H3,(H,16,18)(H,19,20). The second kappa shape index (κ2) is 7.35. The molecule has 1 aromatic rings. The van der Waals surface area contributed by atoms with Crippen molar-refractivity contribution in [2.45, 2.75) is 26.7 Å². The summed E-state index contributed by atoms with van der Waals surface area (Å²) in [4.78, 5) is 32.9. The Morgan fingerprint density at radius 2 is 2.05 bits per heavy atom. The number of amides is 1. The Morgan fingerprint density at radius 1 is 1.41 bits per heavy atom. The van der Waals surface area contributed by atoms with Crippen LogP contribution in [0.25, 0.3) is 0 Å². The van der Waals surface area contributed by atoms with Crippen LogP contribution in [0.5, 0.6) is 0 Å². The predicted molar refractivity (Wildman–Crippen MR) is 83.5 cm³/mol. The number of hydrogen-bond acceptors (Lipinski definition) is 4. The van der Waals surface area contributed by atoms with Gasteiger partial charge in [-0.3, -0.25) is 19.7 Å². The zero-order valence-electron chi connectivity index (χ0n) is 12.3. The molecule has 0 aliphatic rings. The summed E-state index contributed by atoms with van der Waals surface area (Å²) in [6, 6.07) is 4.19. The molecule has 0 aliphatic heterocycles. The fraction of sp³-hybridized carbons (Fsp3) is 0.429. The number of halogens is 1. The van der Waals surface area contributed by atoms with Crippen molar-refractivity contribution < 1.29 is 19.6 Å². The van der Waals surface area contributed by atoms with Gasteiger partial charge in [0.15, 0.2) is 0 Å². The monoisotopic (exact) mass is 372 g/mol. The Bertz CT molecular complexity index is 601. The smallest absolute Gasteiger partial charge is 0.309 e. The van der Waals surface area contributed by atoms with Gasteiger partial charge in [-0.1, -0.05) is 22.0 Å². The Kier molecular flexibility index (Phi) is 6.04. The normalized spacial score (nSPS) is 11.0. The maximum atomic E-state index is 11.8. The van der Waals surface area contributed by atoms with E-state index in [1.54, 1.807) is 13.8 Å². The number of non-ortho nitro benzene ring substituents is 1. The van der Waals surface area contributed by atoms with Crippen molar-refractivity contribution in [3.63, 3.8) is 0 Å². The van der Waals surface area contributed by atoms with Crippen LogP contribution in [-0.2, 0) is 16.0 Å². The van der Waals surface area contributed by atoms with Crippen molar-refractivity contribution in [3.8, 4) is 0 Å². The summed E-state index contributed by atoms with van der Waals surface area (Å²) in [5, 5.41) is 22.3.